The van der Waals surface area contributed by atoms with E-state index in [-0.39, 0.29) is 22.1 Å². The van der Waals surface area contributed by atoms with Crippen LogP contribution in [0.4, 0.5) is 22.7 Å². The second kappa shape index (κ2) is 14.8. The van der Waals surface area contributed by atoms with Crippen LogP contribution in [0.25, 0.3) is 10.8 Å². The van der Waals surface area contributed by atoms with Crippen LogP contribution in [-0.4, -0.2) is 98.6 Å². The number of aliphatic carboxylic acids is 1. The number of amides is 1. The number of rotatable bonds is 13. The van der Waals surface area contributed by atoms with Crippen LogP contribution in [-0.2, 0) is 54.2 Å². The topological polar surface area (TPSA) is 366 Å². The zero-order valence-electron chi connectivity index (χ0n) is 26.8. The predicted octanol–water partition coefficient (Wildman–Crippen LogP) is 2.69. The van der Waals surface area contributed by atoms with Gasteiger partial charge in [-0.15, -0.1) is 10.2 Å². The summed E-state index contributed by atoms with van der Waals surface area (Å²) in [5.41, 5.74) is -2.35. The van der Waals surface area contributed by atoms with E-state index in [1.54, 1.807) is 0 Å². The maximum atomic E-state index is 13.1. The Balaban J connectivity index is 1.46. The average molecular weight is 843 g/mol. The van der Waals surface area contributed by atoms with Crippen LogP contribution < -0.4 is 5.01 Å². The molecule has 1 aliphatic heterocycles. The highest BCUT2D eigenvalue weighted by molar-refractivity contribution is 7.91. The number of phenols is 2. The number of benzene rings is 4. The number of aromatic hydroxyl groups is 2. The van der Waals surface area contributed by atoms with Crippen molar-refractivity contribution in [2.45, 2.75) is 20.7 Å². The lowest BCUT2D eigenvalue weighted by Crippen LogP contribution is -2.33. The molecule has 1 amide bonds. The van der Waals surface area contributed by atoms with Gasteiger partial charge in [0, 0.05) is 11.5 Å². The number of fused-ring (bicyclic) bond motifs is 1. The summed E-state index contributed by atoms with van der Waals surface area (Å²) in [7, 11) is -18.9. The van der Waals surface area contributed by atoms with Gasteiger partial charge in [-0.25, -0.2) is 17.4 Å². The molecule has 0 aromatic heterocycles. The molecule has 0 bridgehead atoms. The molecule has 55 heavy (non-hydrogen) atoms. The summed E-state index contributed by atoms with van der Waals surface area (Å²) in [6.07, 6.45) is 0. The van der Waals surface area contributed by atoms with Gasteiger partial charge < -0.3 is 15.3 Å². The quantitative estimate of drug-likeness (QED) is 0.0832. The van der Waals surface area contributed by atoms with E-state index < -0.39 is 114 Å². The SMILES string of the molecule is O=C(O)C1=NN(c2ccc(S(=O)(=O)O)cc2)C(=O)C1N=Nc1ccc2cc(S(=O)(=O)O)c(N=Nc3ccc(S(=O)(=O)CCOS(=O)(=O)O)cc3O)c(O)c2c1. The lowest BCUT2D eigenvalue weighted by atomic mass is 10.1. The van der Waals surface area contributed by atoms with Crippen molar-refractivity contribution >= 4 is 91.6 Å². The predicted molar refractivity (Wildman–Crippen MR) is 184 cm³/mol. The Bertz CT molecular complexity index is 2810. The lowest BCUT2D eigenvalue weighted by molar-refractivity contribution is -0.130. The van der Waals surface area contributed by atoms with Gasteiger partial charge in [-0.3, -0.25) is 18.5 Å². The monoisotopic (exact) mass is 842 g/mol. The molecule has 1 unspecified atom stereocenters. The van der Waals surface area contributed by atoms with Crippen molar-refractivity contribution in [3.05, 3.63) is 66.7 Å². The van der Waals surface area contributed by atoms with Crippen LogP contribution in [0.15, 0.2) is 107 Å². The Morgan fingerprint density at radius 1 is 0.800 bits per heavy atom. The number of hydrazone groups is 1. The molecule has 0 fully saturated rings. The number of carbonyl (C=O) groups is 2. The highest BCUT2D eigenvalue weighted by Crippen LogP contribution is 2.43. The van der Waals surface area contributed by atoms with Crippen molar-refractivity contribution in [2.24, 2.45) is 25.6 Å². The van der Waals surface area contributed by atoms with Crippen molar-refractivity contribution in [1.82, 2.24) is 0 Å². The third kappa shape index (κ3) is 9.12. The molecule has 0 radical (unpaired) electrons. The molecule has 1 heterocycles. The third-order valence-electron chi connectivity index (χ3n) is 7.26. The van der Waals surface area contributed by atoms with E-state index in [1.807, 2.05) is 0 Å². The zero-order chi connectivity index (χ0) is 40.7. The van der Waals surface area contributed by atoms with Crippen molar-refractivity contribution in [3.8, 4) is 11.5 Å². The first kappa shape index (κ1) is 40.4. The average Bonchev–Trinajstić information content (AvgIpc) is 3.41. The molecular weight excluding hydrogens is 821 g/mol. The number of azo groups is 2. The standard InChI is InChI=1S/C28H22N6O17S4/c35-21-13-18(52(40,41)10-9-51-55(48,49)50)7-8-20(21)30-31-23-22(54(45,46)47)11-14-1-2-15(12-19(14)26(23)36)29-32-24-25(28(38)39)33-34(27(24)37)16-3-5-17(6-4-16)53(42,43)44/h1-8,11-13,24,35-36H,9-10H2,(H,38,39)(H,42,43,44)(H,45,46,47)(H,48,49,50). The molecule has 27 heteroatoms. The van der Waals surface area contributed by atoms with Crippen molar-refractivity contribution < 1.29 is 76.4 Å². The first-order valence-electron chi connectivity index (χ1n) is 14.5. The van der Waals surface area contributed by atoms with Gasteiger partial charge >= 0.3 is 16.4 Å². The Labute approximate surface area is 308 Å². The summed E-state index contributed by atoms with van der Waals surface area (Å²) >= 11 is 0. The summed E-state index contributed by atoms with van der Waals surface area (Å²) in [6, 6.07) is 9.11. The van der Waals surface area contributed by atoms with Crippen LogP contribution in [0.1, 0.15) is 0 Å². The second-order valence-electron chi connectivity index (χ2n) is 10.9. The maximum absolute atomic E-state index is 13.1. The first-order chi connectivity index (χ1) is 25.5. The number of hydrogen-bond donors (Lipinski definition) is 6. The minimum absolute atomic E-state index is 0.0253. The smallest absolute Gasteiger partial charge is 0.397 e. The highest BCUT2D eigenvalue weighted by atomic mass is 32.3. The Morgan fingerprint density at radius 2 is 1.45 bits per heavy atom. The molecule has 0 aliphatic carbocycles. The molecule has 1 atom stereocenters. The van der Waals surface area contributed by atoms with Gasteiger partial charge in [0.2, 0.25) is 6.04 Å². The van der Waals surface area contributed by atoms with Gasteiger partial charge in [-0.05, 0) is 60.0 Å². The van der Waals surface area contributed by atoms with Crippen LogP contribution in [0, 0.1) is 0 Å². The summed E-state index contributed by atoms with van der Waals surface area (Å²) in [4.78, 5) is 23.0. The van der Waals surface area contributed by atoms with E-state index in [9.17, 15) is 67.7 Å². The number of anilines is 1. The summed E-state index contributed by atoms with van der Waals surface area (Å²) < 4.78 is 125. The lowest BCUT2D eigenvalue weighted by Gasteiger charge is -2.12. The highest BCUT2D eigenvalue weighted by Gasteiger charge is 2.41. The van der Waals surface area contributed by atoms with Gasteiger partial charge in [-0.2, -0.15) is 45.6 Å². The molecule has 4 aromatic carbocycles. The molecule has 0 spiro atoms. The first-order valence-corrected chi connectivity index (χ1v) is 20.4. The molecule has 290 valence electrons. The normalized spacial score (nSPS) is 15.7. The van der Waals surface area contributed by atoms with Crippen LogP contribution in [0.5, 0.6) is 11.5 Å². The summed E-state index contributed by atoms with van der Waals surface area (Å²) in [6.45, 7) is -0.958. The van der Waals surface area contributed by atoms with Gasteiger partial charge in [0.1, 0.15) is 22.0 Å². The third-order valence-corrected chi connectivity index (χ3v) is 11.1. The Kier molecular flexibility index (Phi) is 10.9. The second-order valence-corrected chi connectivity index (χ2v) is 16.9. The fourth-order valence-electron chi connectivity index (χ4n) is 4.71. The van der Waals surface area contributed by atoms with E-state index >= 15 is 0 Å². The van der Waals surface area contributed by atoms with E-state index in [4.69, 9.17) is 4.55 Å². The van der Waals surface area contributed by atoms with Crippen molar-refractivity contribution in [2.75, 3.05) is 17.4 Å². The molecule has 0 saturated carbocycles. The van der Waals surface area contributed by atoms with E-state index in [0.29, 0.717) is 11.1 Å². The fraction of sp³-hybridized carbons (Fsp3) is 0.107. The van der Waals surface area contributed by atoms with Crippen LogP contribution in [0.2, 0.25) is 0 Å². The largest absolute Gasteiger partial charge is 0.506 e. The van der Waals surface area contributed by atoms with Crippen molar-refractivity contribution in [3.63, 3.8) is 0 Å². The minimum atomic E-state index is -5.12. The van der Waals surface area contributed by atoms with E-state index in [0.717, 1.165) is 48.5 Å². The van der Waals surface area contributed by atoms with Crippen molar-refractivity contribution in [1.29, 1.82) is 0 Å². The number of sulfone groups is 1. The number of carboxylic acids is 1. The summed E-state index contributed by atoms with van der Waals surface area (Å²) in [5, 5.41) is 50.2. The Hall–Kier alpha value is -5.81. The maximum Gasteiger partial charge on any atom is 0.397 e. The number of carboxylic acid groups (broad SMARTS) is 1. The number of hydrogen-bond acceptors (Lipinski definition) is 18. The van der Waals surface area contributed by atoms with Gasteiger partial charge in [0.05, 0.1) is 33.5 Å². The fourth-order valence-corrected chi connectivity index (χ4v) is 7.36. The molecular formula is C28H22N6O17S4. The van der Waals surface area contributed by atoms with E-state index in [2.05, 4.69) is 29.7 Å². The molecule has 0 saturated heterocycles. The van der Waals surface area contributed by atoms with E-state index in [1.165, 1.54) is 12.1 Å². The molecule has 23 nitrogen and oxygen atoms in total. The number of nitrogens with zero attached hydrogens (tertiary/aromatic N) is 6. The van der Waals surface area contributed by atoms with Gasteiger partial charge in [-0.1, -0.05) is 6.07 Å². The number of phenolic OH excluding ortho intramolecular Hbond substituents is 2. The molecule has 4 aromatic rings. The Morgan fingerprint density at radius 3 is 2.04 bits per heavy atom. The van der Waals surface area contributed by atoms with Crippen LogP contribution in [0.3, 0.4) is 0 Å². The molecule has 1 aliphatic rings. The minimum Gasteiger partial charge on any atom is -0.506 e. The van der Waals surface area contributed by atoms with Crippen LogP contribution >= 0.6 is 0 Å². The molecule has 6 N–H and O–H groups in total. The van der Waals surface area contributed by atoms with Gasteiger partial charge in [0.15, 0.2) is 21.3 Å². The summed E-state index contributed by atoms with van der Waals surface area (Å²) in [5.74, 6) is -5.38. The van der Waals surface area contributed by atoms with Gasteiger partial charge in [0.25, 0.3) is 26.1 Å². The molecule has 5 rings (SSSR count). The zero-order valence-corrected chi connectivity index (χ0v) is 30.1. The number of carbonyl (C=O) groups excluding carboxylic acids is 1.